The van der Waals surface area contributed by atoms with E-state index in [0.29, 0.717) is 40.5 Å². The maximum atomic E-state index is 13.1. The average Bonchev–Trinajstić information content (AvgIpc) is 3.23. The molecule has 1 aromatic heterocycles. The smallest absolute Gasteiger partial charge is 0.273 e. The van der Waals surface area contributed by atoms with Gasteiger partial charge in [-0.05, 0) is 48.7 Å². The number of aliphatic hydroxyl groups is 1. The summed E-state index contributed by atoms with van der Waals surface area (Å²) in [5.41, 5.74) is 3.72. The second-order valence-corrected chi connectivity index (χ2v) is 8.33. The Morgan fingerprint density at radius 2 is 2.00 bits per heavy atom. The SMILES string of the molecule is Cc1cc(O)c(-c2n[nH]c3c2[C@H](c2ccc(Br)cc2)N(CCCO)C3=O)cc1Cl. The molecule has 2 aromatic carbocycles. The molecule has 1 aliphatic rings. The van der Waals surface area contributed by atoms with Crippen LogP contribution >= 0.6 is 27.5 Å². The lowest BCUT2D eigenvalue weighted by molar-refractivity contribution is 0.0732. The highest BCUT2D eigenvalue weighted by Crippen LogP contribution is 2.45. The van der Waals surface area contributed by atoms with Crippen LogP contribution in [0.25, 0.3) is 11.3 Å². The predicted molar refractivity (Wildman–Crippen MR) is 114 cm³/mol. The van der Waals surface area contributed by atoms with Gasteiger partial charge in [0.2, 0.25) is 0 Å². The molecule has 3 aromatic rings. The lowest BCUT2D eigenvalue weighted by Gasteiger charge is -2.26. The van der Waals surface area contributed by atoms with Crippen LogP contribution in [0.1, 0.15) is 39.6 Å². The Balaban J connectivity index is 1.89. The van der Waals surface area contributed by atoms with Crippen LogP contribution in [-0.4, -0.2) is 44.4 Å². The first-order chi connectivity index (χ1) is 13.9. The van der Waals surface area contributed by atoms with Crippen LogP contribution in [0.15, 0.2) is 40.9 Å². The van der Waals surface area contributed by atoms with Gasteiger partial charge in [0.05, 0.1) is 6.04 Å². The number of nitrogens with zero attached hydrogens (tertiary/aromatic N) is 2. The summed E-state index contributed by atoms with van der Waals surface area (Å²) in [6.45, 7) is 2.20. The van der Waals surface area contributed by atoms with Crippen molar-refractivity contribution in [1.29, 1.82) is 0 Å². The molecule has 0 saturated carbocycles. The number of aromatic hydroxyl groups is 1. The van der Waals surface area contributed by atoms with Crippen molar-refractivity contribution in [2.45, 2.75) is 19.4 Å². The number of hydrogen-bond acceptors (Lipinski definition) is 4. The summed E-state index contributed by atoms with van der Waals surface area (Å²) < 4.78 is 0.933. The van der Waals surface area contributed by atoms with E-state index in [1.165, 1.54) is 0 Å². The molecule has 0 unspecified atom stereocenters. The minimum absolute atomic E-state index is 0.00968. The number of aliphatic hydroxyl groups excluding tert-OH is 1. The van der Waals surface area contributed by atoms with Crippen molar-refractivity contribution >= 4 is 33.4 Å². The standard InChI is InChI=1S/C21H19BrClN3O3/c1-11-9-16(28)14(10-15(11)23)18-17-19(25-24-18)21(29)26(7-2-8-27)20(17)12-3-5-13(22)6-4-12/h3-6,9-10,20,27-28H,2,7-8H2,1H3,(H,24,25)/t20-/m0/s1. The lowest BCUT2D eigenvalue weighted by atomic mass is 9.95. The van der Waals surface area contributed by atoms with Gasteiger partial charge in [-0.15, -0.1) is 0 Å². The number of benzene rings is 2. The first kappa shape index (κ1) is 19.9. The number of H-pyrrole nitrogens is 1. The van der Waals surface area contributed by atoms with E-state index >= 15 is 0 Å². The first-order valence-electron chi connectivity index (χ1n) is 9.17. The van der Waals surface area contributed by atoms with Crippen LogP contribution in [0.5, 0.6) is 5.75 Å². The number of amides is 1. The molecule has 6 nitrogen and oxygen atoms in total. The number of hydrogen-bond donors (Lipinski definition) is 3. The molecule has 4 rings (SSSR count). The van der Waals surface area contributed by atoms with Gasteiger partial charge in [-0.2, -0.15) is 5.10 Å². The maximum Gasteiger partial charge on any atom is 0.273 e. The Hall–Kier alpha value is -2.35. The van der Waals surface area contributed by atoms with Crippen LogP contribution in [0.4, 0.5) is 0 Å². The van der Waals surface area contributed by atoms with Gasteiger partial charge in [-0.25, -0.2) is 0 Å². The average molecular weight is 477 g/mol. The third-order valence-electron chi connectivity index (χ3n) is 5.14. The lowest BCUT2D eigenvalue weighted by Crippen LogP contribution is -2.31. The highest BCUT2D eigenvalue weighted by Gasteiger charge is 2.42. The third-order valence-corrected chi connectivity index (χ3v) is 6.07. The molecular weight excluding hydrogens is 458 g/mol. The molecule has 29 heavy (non-hydrogen) atoms. The first-order valence-corrected chi connectivity index (χ1v) is 10.3. The fraction of sp³-hybridized carbons (Fsp3) is 0.238. The molecule has 0 bridgehead atoms. The van der Waals surface area contributed by atoms with Gasteiger partial charge in [-0.3, -0.25) is 9.89 Å². The van der Waals surface area contributed by atoms with Crippen molar-refractivity contribution in [3.8, 4) is 17.0 Å². The number of carbonyl (C=O) groups is 1. The zero-order valence-electron chi connectivity index (χ0n) is 15.6. The fourth-order valence-electron chi connectivity index (χ4n) is 3.72. The van der Waals surface area contributed by atoms with Crippen LogP contribution in [0.2, 0.25) is 5.02 Å². The molecule has 0 aliphatic carbocycles. The molecule has 0 spiro atoms. The van der Waals surface area contributed by atoms with Gasteiger partial charge in [0.15, 0.2) is 0 Å². The molecule has 0 radical (unpaired) electrons. The van der Waals surface area contributed by atoms with Crippen molar-refractivity contribution < 1.29 is 15.0 Å². The summed E-state index contributed by atoms with van der Waals surface area (Å²) in [4.78, 5) is 14.8. The minimum atomic E-state index is -0.384. The summed E-state index contributed by atoms with van der Waals surface area (Å²) in [6.07, 6.45) is 0.466. The minimum Gasteiger partial charge on any atom is -0.507 e. The van der Waals surface area contributed by atoms with E-state index in [2.05, 4.69) is 26.1 Å². The van der Waals surface area contributed by atoms with E-state index in [1.807, 2.05) is 31.2 Å². The molecule has 0 saturated heterocycles. The molecule has 0 fully saturated rings. The number of aryl methyl sites for hydroxylation is 1. The quantitative estimate of drug-likeness (QED) is 0.508. The van der Waals surface area contributed by atoms with Crippen LogP contribution in [-0.2, 0) is 0 Å². The van der Waals surface area contributed by atoms with Gasteiger partial charge in [0.1, 0.15) is 17.1 Å². The fourth-order valence-corrected chi connectivity index (χ4v) is 4.15. The summed E-state index contributed by atoms with van der Waals surface area (Å²) in [7, 11) is 0. The Kier molecular flexibility index (Phi) is 5.38. The molecule has 1 aliphatic heterocycles. The van der Waals surface area contributed by atoms with Gasteiger partial charge >= 0.3 is 0 Å². The number of phenols is 1. The van der Waals surface area contributed by atoms with E-state index in [-0.39, 0.29) is 24.3 Å². The highest BCUT2D eigenvalue weighted by atomic mass is 79.9. The molecule has 2 heterocycles. The van der Waals surface area contributed by atoms with E-state index < -0.39 is 0 Å². The van der Waals surface area contributed by atoms with E-state index in [9.17, 15) is 15.0 Å². The number of fused-ring (bicyclic) bond motifs is 1. The van der Waals surface area contributed by atoms with E-state index in [4.69, 9.17) is 11.6 Å². The number of rotatable bonds is 5. The topological polar surface area (TPSA) is 89.5 Å². The molecular formula is C21H19BrClN3O3. The molecule has 1 atom stereocenters. The highest BCUT2D eigenvalue weighted by molar-refractivity contribution is 9.10. The molecule has 1 amide bonds. The maximum absolute atomic E-state index is 13.1. The number of carbonyl (C=O) groups excluding carboxylic acids is 1. The van der Waals surface area contributed by atoms with Crippen molar-refractivity contribution in [2.24, 2.45) is 0 Å². The summed E-state index contributed by atoms with van der Waals surface area (Å²) in [5.74, 6) is -0.130. The van der Waals surface area contributed by atoms with Gasteiger partial charge in [0, 0.05) is 33.8 Å². The summed E-state index contributed by atoms with van der Waals surface area (Å²) in [5, 5.41) is 27.5. The third kappa shape index (κ3) is 3.43. The van der Waals surface area contributed by atoms with Gasteiger partial charge in [-0.1, -0.05) is 39.7 Å². The van der Waals surface area contributed by atoms with E-state index in [0.717, 1.165) is 15.6 Å². The largest absolute Gasteiger partial charge is 0.507 e. The number of halogens is 2. The van der Waals surface area contributed by atoms with Crippen LogP contribution in [0, 0.1) is 6.92 Å². The normalized spacial score (nSPS) is 15.8. The predicted octanol–water partition coefficient (Wildman–Crippen LogP) is 4.43. The number of aromatic nitrogens is 2. The number of aromatic amines is 1. The monoisotopic (exact) mass is 475 g/mol. The number of nitrogens with one attached hydrogen (secondary N) is 1. The van der Waals surface area contributed by atoms with Crippen molar-refractivity contribution in [1.82, 2.24) is 15.1 Å². The Labute approximate surface area is 181 Å². The molecule has 3 N–H and O–H groups in total. The Morgan fingerprint density at radius 1 is 1.28 bits per heavy atom. The summed E-state index contributed by atoms with van der Waals surface area (Å²) >= 11 is 9.73. The Bertz CT molecular complexity index is 1080. The number of phenolic OH excluding ortho intramolecular Hbond substituents is 1. The van der Waals surface area contributed by atoms with E-state index in [1.54, 1.807) is 17.0 Å². The van der Waals surface area contributed by atoms with Crippen LogP contribution in [0.3, 0.4) is 0 Å². The zero-order chi connectivity index (χ0) is 20.7. The second kappa shape index (κ2) is 7.82. The molecule has 8 heteroatoms. The van der Waals surface area contributed by atoms with Gasteiger partial charge < -0.3 is 15.1 Å². The zero-order valence-corrected chi connectivity index (χ0v) is 18.0. The van der Waals surface area contributed by atoms with Crippen molar-refractivity contribution in [3.05, 3.63) is 68.3 Å². The van der Waals surface area contributed by atoms with Crippen molar-refractivity contribution in [2.75, 3.05) is 13.2 Å². The van der Waals surface area contributed by atoms with Crippen LogP contribution < -0.4 is 0 Å². The summed E-state index contributed by atoms with van der Waals surface area (Å²) in [6, 6.07) is 10.6. The molecule has 150 valence electrons. The van der Waals surface area contributed by atoms with Crippen molar-refractivity contribution in [3.63, 3.8) is 0 Å². The van der Waals surface area contributed by atoms with Gasteiger partial charge in [0.25, 0.3) is 5.91 Å². The second-order valence-electron chi connectivity index (χ2n) is 7.01. The Morgan fingerprint density at radius 3 is 2.69 bits per heavy atom.